The fourth-order valence-electron chi connectivity index (χ4n) is 2.70. The molecule has 3 atom stereocenters. The van der Waals surface area contributed by atoms with Crippen LogP contribution in [0.2, 0.25) is 0 Å². The van der Waals surface area contributed by atoms with Gasteiger partial charge in [0.1, 0.15) is 12.2 Å². The van der Waals surface area contributed by atoms with Crippen molar-refractivity contribution in [3.63, 3.8) is 0 Å². The molecule has 5 heteroatoms. The van der Waals surface area contributed by atoms with E-state index < -0.39 is 24.2 Å². The molecule has 0 saturated heterocycles. The number of ether oxygens (including phenoxy) is 2. The third-order valence-corrected chi connectivity index (χ3v) is 4.11. The van der Waals surface area contributed by atoms with Crippen LogP contribution in [0.15, 0.2) is 72.8 Å². The summed E-state index contributed by atoms with van der Waals surface area (Å²) >= 11 is 0. The Bertz CT molecular complexity index is 689. The van der Waals surface area contributed by atoms with Gasteiger partial charge in [-0.25, -0.2) is 0 Å². The van der Waals surface area contributed by atoms with Gasteiger partial charge in [0, 0.05) is 0 Å². The molecular weight excluding hydrogens is 326 g/mol. The van der Waals surface area contributed by atoms with Crippen LogP contribution < -0.4 is 0 Å². The van der Waals surface area contributed by atoms with Crippen molar-refractivity contribution in [2.24, 2.45) is 0 Å². The van der Waals surface area contributed by atoms with Gasteiger partial charge < -0.3 is 14.6 Å². The maximum absolute atomic E-state index is 13.8. The average Bonchev–Trinajstić information content (AvgIpc) is 2.64. The highest BCUT2D eigenvalue weighted by molar-refractivity contribution is 5.17. The summed E-state index contributed by atoms with van der Waals surface area (Å²) in [5.41, 5.74) is 1.76. The van der Waals surface area contributed by atoms with Crippen LogP contribution in [-0.2, 0) is 22.7 Å². The van der Waals surface area contributed by atoms with E-state index in [4.69, 9.17) is 9.47 Å². The number of hydrogen-bond acceptors (Lipinski definition) is 3. The van der Waals surface area contributed by atoms with Gasteiger partial charge in [-0.2, -0.15) is 8.78 Å². The number of alkyl halides is 2. The topological polar surface area (TPSA) is 38.7 Å². The maximum atomic E-state index is 13.8. The molecule has 1 aliphatic carbocycles. The number of aliphatic hydroxyl groups excluding tert-OH is 1. The molecule has 0 spiro atoms. The van der Waals surface area contributed by atoms with Gasteiger partial charge in [-0.05, 0) is 17.2 Å². The zero-order valence-electron chi connectivity index (χ0n) is 13.6. The van der Waals surface area contributed by atoms with E-state index in [0.29, 0.717) is 6.08 Å². The molecule has 25 heavy (non-hydrogen) atoms. The first kappa shape index (κ1) is 17.7. The highest BCUT2D eigenvalue weighted by Crippen LogP contribution is 2.32. The van der Waals surface area contributed by atoms with E-state index in [-0.39, 0.29) is 13.2 Å². The summed E-state index contributed by atoms with van der Waals surface area (Å²) in [4.78, 5) is 0. The van der Waals surface area contributed by atoms with Crippen LogP contribution in [0.5, 0.6) is 0 Å². The molecule has 1 N–H and O–H groups in total. The first-order chi connectivity index (χ1) is 12.1. The Morgan fingerprint density at radius 3 is 1.92 bits per heavy atom. The standard InChI is InChI=1S/C20H20F2O3/c21-20(22)12-11-17(24-13-15-7-3-1-4-8-15)18(19(20)23)25-14-16-9-5-2-6-10-16/h1-12,17-19,23H,13-14H2/t17?,18-,19+/m1/s1. The van der Waals surface area contributed by atoms with Crippen LogP contribution in [-0.4, -0.2) is 29.3 Å². The van der Waals surface area contributed by atoms with Gasteiger partial charge in [-0.1, -0.05) is 66.7 Å². The predicted octanol–water partition coefficient (Wildman–Crippen LogP) is 3.72. The summed E-state index contributed by atoms with van der Waals surface area (Å²) in [5.74, 6) is -3.34. The second-order valence-corrected chi connectivity index (χ2v) is 6.00. The molecule has 0 radical (unpaired) electrons. The lowest BCUT2D eigenvalue weighted by Crippen LogP contribution is -2.52. The van der Waals surface area contributed by atoms with Crippen molar-refractivity contribution in [1.82, 2.24) is 0 Å². The van der Waals surface area contributed by atoms with Crippen LogP contribution in [0, 0.1) is 0 Å². The van der Waals surface area contributed by atoms with E-state index in [2.05, 4.69) is 0 Å². The van der Waals surface area contributed by atoms with Gasteiger partial charge in [0.2, 0.25) is 0 Å². The Balaban J connectivity index is 1.69. The van der Waals surface area contributed by atoms with Crippen molar-refractivity contribution in [1.29, 1.82) is 0 Å². The Morgan fingerprint density at radius 1 is 0.840 bits per heavy atom. The summed E-state index contributed by atoms with van der Waals surface area (Å²) in [6.07, 6.45) is -1.90. The molecule has 1 unspecified atom stereocenters. The van der Waals surface area contributed by atoms with Crippen molar-refractivity contribution in [2.45, 2.75) is 37.4 Å². The molecule has 0 saturated carbocycles. The van der Waals surface area contributed by atoms with Crippen molar-refractivity contribution in [3.8, 4) is 0 Å². The van der Waals surface area contributed by atoms with Gasteiger partial charge in [-0.3, -0.25) is 0 Å². The minimum Gasteiger partial charge on any atom is -0.384 e. The quantitative estimate of drug-likeness (QED) is 0.810. The van der Waals surface area contributed by atoms with Gasteiger partial charge in [0.05, 0.1) is 13.2 Å². The largest absolute Gasteiger partial charge is 0.384 e. The van der Waals surface area contributed by atoms with Gasteiger partial charge >= 0.3 is 0 Å². The minimum absolute atomic E-state index is 0.123. The highest BCUT2D eigenvalue weighted by atomic mass is 19.3. The van der Waals surface area contributed by atoms with Crippen LogP contribution in [0.25, 0.3) is 0 Å². The average molecular weight is 346 g/mol. The molecule has 0 fully saturated rings. The second kappa shape index (κ2) is 7.87. The molecule has 2 aromatic carbocycles. The van der Waals surface area contributed by atoms with Crippen LogP contribution in [0.1, 0.15) is 11.1 Å². The number of rotatable bonds is 6. The SMILES string of the molecule is O[C@H]1[C@H](OCc2ccccc2)C(OCc2ccccc2)C=CC1(F)F. The van der Waals surface area contributed by atoms with Gasteiger partial charge in [-0.15, -0.1) is 0 Å². The molecule has 0 aliphatic heterocycles. The molecule has 132 valence electrons. The lowest BCUT2D eigenvalue weighted by atomic mass is 9.95. The van der Waals surface area contributed by atoms with Gasteiger partial charge in [0.15, 0.2) is 6.10 Å². The maximum Gasteiger partial charge on any atom is 0.294 e. The molecule has 0 aromatic heterocycles. The van der Waals surface area contributed by atoms with E-state index in [9.17, 15) is 13.9 Å². The molecule has 1 aliphatic rings. The van der Waals surface area contributed by atoms with E-state index in [1.165, 1.54) is 6.08 Å². The first-order valence-electron chi connectivity index (χ1n) is 8.12. The van der Waals surface area contributed by atoms with Crippen molar-refractivity contribution in [3.05, 3.63) is 83.9 Å². The first-order valence-corrected chi connectivity index (χ1v) is 8.12. The number of benzene rings is 2. The normalized spacial score (nSPS) is 25.0. The van der Waals surface area contributed by atoms with Gasteiger partial charge in [0.25, 0.3) is 5.92 Å². The zero-order chi connectivity index (χ0) is 17.7. The minimum atomic E-state index is -3.34. The molecular formula is C20H20F2O3. The summed E-state index contributed by atoms with van der Waals surface area (Å²) in [5, 5.41) is 10.0. The monoisotopic (exact) mass is 346 g/mol. The van der Waals surface area contributed by atoms with Crippen molar-refractivity contribution in [2.75, 3.05) is 0 Å². The summed E-state index contributed by atoms with van der Waals surface area (Å²) in [6, 6.07) is 18.6. The molecule has 0 heterocycles. The van der Waals surface area contributed by atoms with Crippen LogP contribution in [0.3, 0.4) is 0 Å². The van der Waals surface area contributed by atoms with Crippen LogP contribution >= 0.6 is 0 Å². The third-order valence-electron chi connectivity index (χ3n) is 4.11. The fraction of sp³-hybridized carbons (Fsp3) is 0.300. The van der Waals surface area contributed by atoms with Crippen molar-refractivity contribution < 1.29 is 23.4 Å². The summed E-state index contributed by atoms with van der Waals surface area (Å²) < 4.78 is 39.0. The summed E-state index contributed by atoms with van der Waals surface area (Å²) in [7, 11) is 0. The molecule has 0 amide bonds. The third kappa shape index (κ3) is 4.51. The fourth-order valence-corrected chi connectivity index (χ4v) is 2.70. The lowest BCUT2D eigenvalue weighted by Gasteiger charge is -2.36. The highest BCUT2D eigenvalue weighted by Gasteiger charge is 2.48. The predicted molar refractivity (Wildman–Crippen MR) is 90.1 cm³/mol. The Morgan fingerprint density at radius 2 is 1.36 bits per heavy atom. The molecule has 3 nitrogen and oxygen atoms in total. The molecule has 3 rings (SSSR count). The number of hydrogen-bond donors (Lipinski definition) is 1. The number of halogens is 2. The lowest BCUT2D eigenvalue weighted by molar-refractivity contribution is -0.186. The summed E-state index contributed by atoms with van der Waals surface area (Å²) in [6.45, 7) is 0.372. The smallest absolute Gasteiger partial charge is 0.294 e. The van der Waals surface area contributed by atoms with E-state index in [1.54, 1.807) is 0 Å². The second-order valence-electron chi connectivity index (χ2n) is 6.00. The van der Waals surface area contributed by atoms with E-state index in [1.807, 2.05) is 60.7 Å². The van der Waals surface area contributed by atoms with Crippen molar-refractivity contribution >= 4 is 0 Å². The Labute approximate surface area is 145 Å². The number of aliphatic hydroxyl groups is 1. The molecule has 0 bridgehead atoms. The van der Waals surface area contributed by atoms with E-state index >= 15 is 0 Å². The zero-order valence-corrected chi connectivity index (χ0v) is 13.6. The van der Waals surface area contributed by atoms with Crippen LogP contribution in [0.4, 0.5) is 8.78 Å². The Hall–Kier alpha value is -2.08. The Kier molecular flexibility index (Phi) is 5.58. The molecule has 2 aromatic rings. The van der Waals surface area contributed by atoms with E-state index in [0.717, 1.165) is 11.1 Å².